The first-order chi connectivity index (χ1) is 3.18. The molecule has 0 aromatic heterocycles. The maximum absolute atomic E-state index is 8.72. The Morgan fingerprint density at radius 1 is 1.86 bits per heavy atom. The lowest BCUT2D eigenvalue weighted by Gasteiger charge is -1.99. The Morgan fingerprint density at radius 3 is 2.29 bits per heavy atom. The van der Waals surface area contributed by atoms with Gasteiger partial charge in [0.15, 0.2) is 0 Å². The SMILES string of the molecule is C=CC(O)C(=C)C. The van der Waals surface area contributed by atoms with Crippen LogP contribution in [-0.4, -0.2) is 11.2 Å². The van der Waals surface area contributed by atoms with Gasteiger partial charge < -0.3 is 5.11 Å². The Labute approximate surface area is 44.0 Å². The van der Waals surface area contributed by atoms with Crippen LogP contribution in [0.4, 0.5) is 0 Å². The maximum Gasteiger partial charge on any atom is 0.0923 e. The van der Waals surface area contributed by atoms with E-state index in [-0.39, 0.29) is 0 Å². The Kier molecular flexibility index (Phi) is 2.38. The summed E-state index contributed by atoms with van der Waals surface area (Å²) >= 11 is 0. The van der Waals surface area contributed by atoms with Gasteiger partial charge in [0.2, 0.25) is 0 Å². The molecule has 0 aliphatic carbocycles. The van der Waals surface area contributed by atoms with Gasteiger partial charge in [-0.05, 0) is 12.5 Å². The van der Waals surface area contributed by atoms with Gasteiger partial charge in [0, 0.05) is 0 Å². The zero-order valence-corrected chi connectivity index (χ0v) is 4.52. The fraction of sp³-hybridized carbons (Fsp3) is 0.333. The second-order valence-corrected chi connectivity index (χ2v) is 1.53. The summed E-state index contributed by atoms with van der Waals surface area (Å²) in [5, 5.41) is 8.72. The normalized spacial score (nSPS) is 12.9. The Balaban J connectivity index is 3.55. The molecule has 0 aliphatic rings. The topological polar surface area (TPSA) is 20.2 Å². The second kappa shape index (κ2) is 2.59. The first-order valence-electron chi connectivity index (χ1n) is 2.14. The van der Waals surface area contributed by atoms with Crippen molar-refractivity contribution in [2.45, 2.75) is 13.0 Å². The van der Waals surface area contributed by atoms with Crippen molar-refractivity contribution < 1.29 is 5.11 Å². The fourth-order valence-corrected chi connectivity index (χ4v) is 0.201. The molecule has 7 heavy (non-hydrogen) atoms. The van der Waals surface area contributed by atoms with E-state index in [1.54, 1.807) is 6.92 Å². The second-order valence-electron chi connectivity index (χ2n) is 1.53. The third-order valence-electron chi connectivity index (χ3n) is 0.728. The molecule has 0 aromatic rings. The van der Waals surface area contributed by atoms with E-state index in [4.69, 9.17) is 5.11 Å². The third kappa shape index (κ3) is 2.18. The van der Waals surface area contributed by atoms with E-state index in [1.807, 2.05) is 0 Å². The number of aliphatic hydroxyl groups excluding tert-OH is 1. The molecule has 40 valence electrons. The average Bonchev–Trinajstić information content (AvgIpc) is 1.65. The lowest BCUT2D eigenvalue weighted by atomic mass is 10.2. The summed E-state index contributed by atoms with van der Waals surface area (Å²) in [5.74, 6) is 0. The van der Waals surface area contributed by atoms with Crippen LogP contribution in [0.15, 0.2) is 24.8 Å². The van der Waals surface area contributed by atoms with E-state index in [2.05, 4.69) is 13.2 Å². The van der Waals surface area contributed by atoms with Crippen molar-refractivity contribution in [1.82, 2.24) is 0 Å². The van der Waals surface area contributed by atoms with Crippen LogP contribution in [-0.2, 0) is 0 Å². The molecule has 1 unspecified atom stereocenters. The molecule has 0 saturated heterocycles. The number of rotatable bonds is 2. The van der Waals surface area contributed by atoms with Crippen LogP contribution in [0.3, 0.4) is 0 Å². The summed E-state index contributed by atoms with van der Waals surface area (Å²) in [6, 6.07) is 0. The average molecular weight is 98.1 g/mol. The van der Waals surface area contributed by atoms with Crippen LogP contribution in [0.5, 0.6) is 0 Å². The zero-order chi connectivity index (χ0) is 5.86. The van der Waals surface area contributed by atoms with E-state index >= 15 is 0 Å². The molecule has 1 nitrogen and oxygen atoms in total. The lowest BCUT2D eigenvalue weighted by molar-refractivity contribution is 0.260. The molecule has 0 aromatic carbocycles. The molecule has 1 N–H and O–H groups in total. The molecular formula is C6H10O. The monoisotopic (exact) mass is 98.1 g/mol. The summed E-state index contributed by atoms with van der Waals surface area (Å²) in [6.07, 6.45) is 0.919. The number of hydrogen-bond donors (Lipinski definition) is 1. The summed E-state index contributed by atoms with van der Waals surface area (Å²) < 4.78 is 0. The van der Waals surface area contributed by atoms with Gasteiger partial charge in [-0.1, -0.05) is 12.7 Å². The Bertz CT molecular complexity index is 84.2. The first kappa shape index (κ1) is 6.44. The molecule has 0 fully saturated rings. The van der Waals surface area contributed by atoms with Gasteiger partial charge in [-0.25, -0.2) is 0 Å². The molecule has 1 heteroatoms. The van der Waals surface area contributed by atoms with Crippen LogP contribution < -0.4 is 0 Å². The minimum Gasteiger partial charge on any atom is -0.385 e. The van der Waals surface area contributed by atoms with Crippen molar-refractivity contribution in [2.75, 3.05) is 0 Å². The highest BCUT2D eigenvalue weighted by Crippen LogP contribution is 1.95. The van der Waals surface area contributed by atoms with Gasteiger partial charge in [-0.3, -0.25) is 0 Å². The van der Waals surface area contributed by atoms with Crippen molar-refractivity contribution in [3.05, 3.63) is 24.8 Å². The van der Waals surface area contributed by atoms with Crippen molar-refractivity contribution in [3.63, 3.8) is 0 Å². The van der Waals surface area contributed by atoms with E-state index in [0.29, 0.717) is 0 Å². The van der Waals surface area contributed by atoms with Gasteiger partial charge in [-0.15, -0.1) is 6.58 Å². The van der Waals surface area contributed by atoms with Crippen LogP contribution in [0.2, 0.25) is 0 Å². The Morgan fingerprint density at radius 2 is 2.29 bits per heavy atom. The quantitative estimate of drug-likeness (QED) is 0.513. The van der Waals surface area contributed by atoms with Gasteiger partial charge in [0.1, 0.15) is 0 Å². The van der Waals surface area contributed by atoms with Crippen LogP contribution in [0, 0.1) is 0 Å². The summed E-state index contributed by atoms with van der Waals surface area (Å²) in [5.41, 5.74) is 0.731. The predicted octanol–water partition coefficient (Wildman–Crippen LogP) is 1.11. The van der Waals surface area contributed by atoms with Crippen molar-refractivity contribution in [2.24, 2.45) is 0 Å². The van der Waals surface area contributed by atoms with Crippen LogP contribution >= 0.6 is 0 Å². The van der Waals surface area contributed by atoms with Gasteiger partial charge in [-0.2, -0.15) is 0 Å². The maximum atomic E-state index is 8.72. The largest absolute Gasteiger partial charge is 0.385 e. The first-order valence-corrected chi connectivity index (χ1v) is 2.14. The fourth-order valence-electron chi connectivity index (χ4n) is 0.201. The van der Waals surface area contributed by atoms with E-state index in [9.17, 15) is 0 Å². The van der Waals surface area contributed by atoms with Crippen molar-refractivity contribution in [1.29, 1.82) is 0 Å². The molecule has 0 bridgehead atoms. The minimum atomic E-state index is -0.528. The molecular weight excluding hydrogens is 88.1 g/mol. The highest BCUT2D eigenvalue weighted by molar-refractivity contribution is 5.04. The molecule has 0 spiro atoms. The van der Waals surface area contributed by atoms with Crippen molar-refractivity contribution >= 4 is 0 Å². The van der Waals surface area contributed by atoms with E-state index in [1.165, 1.54) is 6.08 Å². The predicted molar refractivity (Wildman–Crippen MR) is 31.0 cm³/mol. The minimum absolute atomic E-state index is 0.528. The molecule has 1 atom stereocenters. The Hall–Kier alpha value is -0.560. The third-order valence-corrected chi connectivity index (χ3v) is 0.728. The van der Waals surface area contributed by atoms with Gasteiger partial charge in [0.25, 0.3) is 0 Å². The molecule has 0 saturated carbocycles. The van der Waals surface area contributed by atoms with Crippen LogP contribution in [0.1, 0.15) is 6.92 Å². The van der Waals surface area contributed by atoms with Crippen LogP contribution in [0.25, 0.3) is 0 Å². The summed E-state index contributed by atoms with van der Waals surface area (Å²) in [7, 11) is 0. The zero-order valence-electron chi connectivity index (χ0n) is 4.52. The smallest absolute Gasteiger partial charge is 0.0923 e. The van der Waals surface area contributed by atoms with E-state index < -0.39 is 6.10 Å². The molecule has 0 heterocycles. The van der Waals surface area contributed by atoms with E-state index in [0.717, 1.165) is 5.57 Å². The molecule has 0 aliphatic heterocycles. The number of hydrogen-bond acceptors (Lipinski definition) is 1. The van der Waals surface area contributed by atoms with Gasteiger partial charge in [0.05, 0.1) is 6.10 Å². The molecule has 0 amide bonds. The molecule has 0 rings (SSSR count). The highest BCUT2D eigenvalue weighted by atomic mass is 16.3. The summed E-state index contributed by atoms with van der Waals surface area (Å²) in [6.45, 7) is 8.63. The van der Waals surface area contributed by atoms with Crippen molar-refractivity contribution in [3.8, 4) is 0 Å². The standard InChI is InChI=1S/C6H10O/c1-4-6(7)5(2)3/h4,6-7H,1-2H2,3H3. The highest BCUT2D eigenvalue weighted by Gasteiger charge is 1.93. The number of aliphatic hydroxyl groups is 1. The molecule has 0 radical (unpaired) electrons. The lowest BCUT2D eigenvalue weighted by Crippen LogP contribution is -2.00. The van der Waals surface area contributed by atoms with Gasteiger partial charge >= 0.3 is 0 Å². The summed E-state index contributed by atoms with van der Waals surface area (Å²) in [4.78, 5) is 0.